The molecule has 0 aliphatic rings. The van der Waals surface area contributed by atoms with Crippen LogP contribution in [-0.4, -0.2) is 35.8 Å². The number of imidazole rings is 1. The first kappa shape index (κ1) is 12.7. The number of carbonyl (C=O) groups is 1. The average molecular weight is 225 g/mol. The number of ether oxygens (including phenoxy) is 1. The second-order valence-corrected chi connectivity index (χ2v) is 3.60. The van der Waals surface area contributed by atoms with Gasteiger partial charge in [0.15, 0.2) is 0 Å². The standard InChI is InChI=1S/C11H19N3O2/c1-12-6-4-2-3-5-9-16-11(15)14-8-7-13-10-14/h7-8,10,12H,2-6,9H2,1H3. The molecule has 1 aromatic rings. The fraction of sp³-hybridized carbons (Fsp3) is 0.636. The summed E-state index contributed by atoms with van der Waals surface area (Å²) in [7, 11) is 1.95. The third-order valence-corrected chi connectivity index (χ3v) is 2.26. The highest BCUT2D eigenvalue weighted by atomic mass is 16.5. The molecule has 0 fully saturated rings. The van der Waals surface area contributed by atoms with Gasteiger partial charge in [-0.25, -0.2) is 14.3 Å². The lowest BCUT2D eigenvalue weighted by molar-refractivity contribution is 0.145. The maximum Gasteiger partial charge on any atom is 0.419 e. The van der Waals surface area contributed by atoms with Gasteiger partial charge in [-0.2, -0.15) is 0 Å². The molecule has 0 amide bonds. The number of hydrogen-bond donors (Lipinski definition) is 1. The minimum Gasteiger partial charge on any atom is -0.449 e. The molecule has 0 aromatic carbocycles. The average Bonchev–Trinajstić information content (AvgIpc) is 2.81. The molecule has 1 rings (SSSR count). The Balaban J connectivity index is 1.97. The summed E-state index contributed by atoms with van der Waals surface area (Å²) < 4.78 is 6.40. The number of nitrogens with one attached hydrogen (secondary N) is 1. The van der Waals surface area contributed by atoms with Crippen molar-refractivity contribution >= 4 is 6.09 Å². The van der Waals surface area contributed by atoms with Crippen molar-refractivity contribution in [1.82, 2.24) is 14.9 Å². The van der Waals surface area contributed by atoms with Crippen molar-refractivity contribution in [3.05, 3.63) is 18.7 Å². The molecule has 0 aliphatic heterocycles. The van der Waals surface area contributed by atoms with Crippen molar-refractivity contribution in [3.8, 4) is 0 Å². The molecular weight excluding hydrogens is 206 g/mol. The molecule has 0 bridgehead atoms. The fourth-order valence-electron chi connectivity index (χ4n) is 1.36. The zero-order chi connectivity index (χ0) is 11.6. The van der Waals surface area contributed by atoms with Crippen LogP contribution in [0.2, 0.25) is 0 Å². The first-order valence-corrected chi connectivity index (χ1v) is 5.64. The van der Waals surface area contributed by atoms with Crippen molar-refractivity contribution < 1.29 is 9.53 Å². The highest BCUT2D eigenvalue weighted by Gasteiger charge is 2.03. The van der Waals surface area contributed by atoms with Crippen molar-refractivity contribution in [2.24, 2.45) is 0 Å². The first-order valence-electron chi connectivity index (χ1n) is 5.64. The smallest absolute Gasteiger partial charge is 0.419 e. The molecule has 5 heteroatoms. The summed E-state index contributed by atoms with van der Waals surface area (Å²) in [5.74, 6) is 0. The van der Waals surface area contributed by atoms with E-state index in [-0.39, 0.29) is 6.09 Å². The second kappa shape index (κ2) is 7.87. The number of hydrogen-bond acceptors (Lipinski definition) is 4. The zero-order valence-corrected chi connectivity index (χ0v) is 9.69. The van der Waals surface area contributed by atoms with Crippen LogP contribution in [0.5, 0.6) is 0 Å². The highest BCUT2D eigenvalue weighted by Crippen LogP contribution is 2.00. The summed E-state index contributed by atoms with van der Waals surface area (Å²) in [5, 5.41) is 3.10. The summed E-state index contributed by atoms with van der Waals surface area (Å²) in [6, 6.07) is 0. The fourth-order valence-corrected chi connectivity index (χ4v) is 1.36. The minimum atomic E-state index is -0.354. The third-order valence-electron chi connectivity index (χ3n) is 2.26. The molecule has 0 saturated heterocycles. The van der Waals surface area contributed by atoms with E-state index in [4.69, 9.17) is 4.74 Å². The largest absolute Gasteiger partial charge is 0.449 e. The summed E-state index contributed by atoms with van der Waals surface area (Å²) in [6.45, 7) is 1.53. The predicted octanol–water partition coefficient (Wildman–Crippen LogP) is 1.65. The Morgan fingerprint density at radius 3 is 2.88 bits per heavy atom. The summed E-state index contributed by atoms with van der Waals surface area (Å²) in [5.41, 5.74) is 0. The van der Waals surface area contributed by atoms with Crippen LogP contribution in [0.3, 0.4) is 0 Å². The highest BCUT2D eigenvalue weighted by molar-refractivity contribution is 5.69. The molecule has 90 valence electrons. The van der Waals surface area contributed by atoms with E-state index in [2.05, 4.69) is 10.3 Å². The molecule has 1 N–H and O–H groups in total. The lowest BCUT2D eigenvalue weighted by Gasteiger charge is -2.04. The van der Waals surface area contributed by atoms with Crippen molar-refractivity contribution in [1.29, 1.82) is 0 Å². The second-order valence-electron chi connectivity index (χ2n) is 3.60. The Kier molecular flexibility index (Phi) is 6.25. The van der Waals surface area contributed by atoms with Gasteiger partial charge in [0, 0.05) is 12.4 Å². The third kappa shape index (κ3) is 4.93. The van der Waals surface area contributed by atoms with Crippen molar-refractivity contribution in [2.75, 3.05) is 20.2 Å². The normalized spacial score (nSPS) is 10.3. The van der Waals surface area contributed by atoms with Crippen LogP contribution < -0.4 is 5.32 Å². The van der Waals surface area contributed by atoms with Crippen LogP contribution >= 0.6 is 0 Å². The quantitative estimate of drug-likeness (QED) is 0.717. The minimum absolute atomic E-state index is 0.354. The summed E-state index contributed by atoms with van der Waals surface area (Å²) in [4.78, 5) is 15.1. The molecule has 16 heavy (non-hydrogen) atoms. The van der Waals surface area contributed by atoms with Crippen molar-refractivity contribution in [3.63, 3.8) is 0 Å². The number of unbranched alkanes of at least 4 members (excludes halogenated alkanes) is 3. The van der Waals surface area contributed by atoms with E-state index in [0.29, 0.717) is 6.61 Å². The van der Waals surface area contributed by atoms with Crippen LogP contribution in [0.1, 0.15) is 25.7 Å². The van der Waals surface area contributed by atoms with Gasteiger partial charge in [0.25, 0.3) is 0 Å². The van der Waals surface area contributed by atoms with Crippen LogP contribution in [-0.2, 0) is 4.74 Å². The van der Waals surface area contributed by atoms with Gasteiger partial charge in [0.05, 0.1) is 6.61 Å². The molecule has 5 nitrogen and oxygen atoms in total. The van der Waals surface area contributed by atoms with Crippen LogP contribution in [0.15, 0.2) is 18.7 Å². The Labute approximate surface area is 95.8 Å². The van der Waals surface area contributed by atoms with E-state index in [9.17, 15) is 4.79 Å². The molecule has 1 aromatic heterocycles. The predicted molar refractivity (Wildman–Crippen MR) is 61.4 cm³/mol. The van der Waals surface area contributed by atoms with Gasteiger partial charge in [-0.05, 0) is 26.4 Å². The number of rotatable bonds is 7. The molecular formula is C11H19N3O2. The number of carbonyl (C=O) groups excluding carboxylic acids is 1. The van der Waals surface area contributed by atoms with E-state index in [1.165, 1.54) is 23.7 Å². The molecule has 0 aliphatic carbocycles. The van der Waals surface area contributed by atoms with E-state index < -0.39 is 0 Å². The van der Waals surface area contributed by atoms with Gasteiger partial charge in [-0.1, -0.05) is 12.8 Å². The Hall–Kier alpha value is -1.36. The summed E-state index contributed by atoms with van der Waals surface area (Å²) in [6.07, 6.45) is 8.58. The SMILES string of the molecule is CNCCCCCCOC(=O)n1ccnc1. The van der Waals surface area contributed by atoms with Gasteiger partial charge in [-0.15, -0.1) is 0 Å². The van der Waals surface area contributed by atoms with Crippen molar-refractivity contribution in [2.45, 2.75) is 25.7 Å². The van der Waals surface area contributed by atoms with Gasteiger partial charge in [-0.3, -0.25) is 0 Å². The molecule has 0 spiro atoms. The Bertz CT molecular complexity index is 285. The van der Waals surface area contributed by atoms with Gasteiger partial charge < -0.3 is 10.1 Å². The van der Waals surface area contributed by atoms with E-state index in [1.54, 1.807) is 12.4 Å². The number of aromatic nitrogens is 2. The topological polar surface area (TPSA) is 56.1 Å². The Morgan fingerprint density at radius 1 is 1.38 bits per heavy atom. The van der Waals surface area contributed by atoms with E-state index in [1.807, 2.05) is 7.05 Å². The molecule has 0 atom stereocenters. The molecule has 1 heterocycles. The zero-order valence-electron chi connectivity index (χ0n) is 9.69. The van der Waals surface area contributed by atoms with Gasteiger partial charge in [0.1, 0.15) is 6.33 Å². The molecule has 0 radical (unpaired) electrons. The van der Waals surface area contributed by atoms with Crippen LogP contribution in [0.25, 0.3) is 0 Å². The molecule has 0 saturated carbocycles. The lowest BCUT2D eigenvalue weighted by Crippen LogP contribution is -2.12. The monoisotopic (exact) mass is 225 g/mol. The maximum absolute atomic E-state index is 11.3. The van der Waals surface area contributed by atoms with E-state index >= 15 is 0 Å². The van der Waals surface area contributed by atoms with Gasteiger partial charge >= 0.3 is 6.09 Å². The number of nitrogens with zero attached hydrogens (tertiary/aromatic N) is 2. The summed E-state index contributed by atoms with van der Waals surface area (Å²) >= 11 is 0. The van der Waals surface area contributed by atoms with Crippen LogP contribution in [0, 0.1) is 0 Å². The maximum atomic E-state index is 11.3. The Morgan fingerprint density at radius 2 is 2.19 bits per heavy atom. The molecule has 0 unspecified atom stereocenters. The van der Waals surface area contributed by atoms with Crippen LogP contribution in [0.4, 0.5) is 4.79 Å². The first-order chi connectivity index (χ1) is 7.84. The lowest BCUT2D eigenvalue weighted by atomic mass is 10.2. The van der Waals surface area contributed by atoms with Gasteiger partial charge in [0.2, 0.25) is 0 Å². The van der Waals surface area contributed by atoms with E-state index in [0.717, 1.165) is 19.4 Å².